The van der Waals surface area contributed by atoms with Crippen LogP contribution in [0.4, 0.5) is 4.39 Å². The van der Waals surface area contributed by atoms with Gasteiger partial charge in [0.1, 0.15) is 0 Å². The molecule has 0 aliphatic rings. The number of rotatable bonds is 11. The van der Waals surface area contributed by atoms with E-state index in [1.54, 1.807) is 0 Å². The Morgan fingerprint density at radius 3 is 2.24 bits per heavy atom. The summed E-state index contributed by atoms with van der Waals surface area (Å²) in [6, 6.07) is 0. The molecule has 0 aromatic heterocycles. The van der Waals surface area contributed by atoms with Crippen LogP contribution in [-0.4, -0.2) is 32.8 Å². The number of unbranched alkanes of at least 4 members (excludes halogenated alkanes) is 5. The Balaban J connectivity index is 3.70. The van der Waals surface area contributed by atoms with Gasteiger partial charge in [0.15, 0.2) is 9.84 Å². The summed E-state index contributed by atoms with van der Waals surface area (Å²) in [7, 11) is -3.55. The third-order valence-corrected chi connectivity index (χ3v) is 4.53. The van der Waals surface area contributed by atoms with Gasteiger partial charge in [-0.1, -0.05) is 46.0 Å². The summed E-state index contributed by atoms with van der Waals surface area (Å²) < 4.78 is 36.4. The minimum atomic E-state index is -3.55. The summed E-state index contributed by atoms with van der Waals surface area (Å²) in [6.45, 7) is 4.47. The maximum atomic E-state index is 13.3. The highest BCUT2D eigenvalue weighted by Crippen LogP contribution is 2.10. The van der Waals surface area contributed by atoms with Crippen LogP contribution >= 0.6 is 0 Å². The molecule has 0 aliphatic heterocycles. The minimum Gasteiger partial charge on any atom is -0.313 e. The van der Waals surface area contributed by atoms with Crippen LogP contribution in [0.15, 0.2) is 0 Å². The van der Waals surface area contributed by atoms with E-state index in [4.69, 9.17) is 0 Å². The Labute approximate surface area is 105 Å². The van der Waals surface area contributed by atoms with Gasteiger partial charge >= 0.3 is 0 Å². The van der Waals surface area contributed by atoms with Crippen molar-refractivity contribution in [3.63, 3.8) is 0 Å². The van der Waals surface area contributed by atoms with E-state index in [0.717, 1.165) is 19.3 Å². The van der Waals surface area contributed by atoms with E-state index < -0.39 is 15.3 Å². The van der Waals surface area contributed by atoms with Gasteiger partial charge in [0.2, 0.25) is 5.50 Å². The minimum absolute atomic E-state index is 0.0221. The second-order valence-electron chi connectivity index (χ2n) is 4.35. The van der Waals surface area contributed by atoms with Gasteiger partial charge in [-0.15, -0.1) is 0 Å². The summed E-state index contributed by atoms with van der Waals surface area (Å²) in [4.78, 5) is 0. The Bertz CT molecular complexity index is 268. The molecule has 0 amide bonds. The van der Waals surface area contributed by atoms with Gasteiger partial charge < -0.3 is 5.32 Å². The van der Waals surface area contributed by atoms with Crippen LogP contribution < -0.4 is 5.32 Å². The molecular weight excluding hydrogens is 241 g/mol. The third kappa shape index (κ3) is 8.55. The summed E-state index contributed by atoms with van der Waals surface area (Å²) in [6.07, 6.45) is 6.03. The first-order valence-corrected chi connectivity index (χ1v) is 8.32. The molecule has 0 heterocycles. The van der Waals surface area contributed by atoms with Crippen LogP contribution in [0.5, 0.6) is 0 Å². The highest BCUT2D eigenvalue weighted by molar-refractivity contribution is 7.91. The highest BCUT2D eigenvalue weighted by atomic mass is 32.2. The van der Waals surface area contributed by atoms with E-state index in [1.165, 1.54) is 12.8 Å². The molecule has 0 aromatic rings. The second kappa shape index (κ2) is 9.83. The van der Waals surface area contributed by atoms with E-state index in [2.05, 4.69) is 12.2 Å². The number of halogens is 1. The van der Waals surface area contributed by atoms with Gasteiger partial charge in [-0.2, -0.15) is 0 Å². The van der Waals surface area contributed by atoms with Crippen molar-refractivity contribution in [3.05, 3.63) is 0 Å². The molecular formula is C12H26FNO2S. The smallest absolute Gasteiger partial charge is 0.213 e. The molecule has 0 saturated heterocycles. The zero-order valence-electron chi connectivity index (χ0n) is 11.0. The van der Waals surface area contributed by atoms with Crippen molar-refractivity contribution in [2.24, 2.45) is 0 Å². The largest absolute Gasteiger partial charge is 0.313 e. The summed E-state index contributed by atoms with van der Waals surface area (Å²) >= 11 is 0. The quantitative estimate of drug-likeness (QED) is 0.585. The molecule has 104 valence electrons. The molecule has 1 N–H and O–H groups in total. The number of sulfone groups is 1. The number of hydrogen-bond acceptors (Lipinski definition) is 3. The van der Waals surface area contributed by atoms with Gasteiger partial charge in [-0.25, -0.2) is 12.8 Å². The van der Waals surface area contributed by atoms with Gasteiger partial charge in [0.05, 0.1) is 5.75 Å². The molecule has 0 radical (unpaired) electrons. The molecule has 1 unspecified atom stereocenters. The number of nitrogens with one attached hydrogen (secondary N) is 1. The SMILES string of the molecule is CCCCCCCCS(=O)(=O)C(F)CNCC. The predicted molar refractivity (Wildman–Crippen MR) is 70.6 cm³/mol. The molecule has 3 nitrogen and oxygen atoms in total. The number of alkyl halides is 1. The molecule has 0 fully saturated rings. The topological polar surface area (TPSA) is 46.2 Å². The Morgan fingerprint density at radius 2 is 1.65 bits per heavy atom. The maximum absolute atomic E-state index is 13.3. The fraction of sp³-hybridized carbons (Fsp3) is 1.00. The van der Waals surface area contributed by atoms with Crippen molar-refractivity contribution in [2.45, 2.75) is 57.9 Å². The van der Waals surface area contributed by atoms with E-state index >= 15 is 0 Å². The average molecular weight is 267 g/mol. The fourth-order valence-electron chi connectivity index (χ4n) is 1.60. The molecule has 0 spiro atoms. The third-order valence-electron chi connectivity index (χ3n) is 2.73. The molecule has 0 aromatic carbocycles. The van der Waals surface area contributed by atoms with Crippen molar-refractivity contribution >= 4 is 9.84 Å². The van der Waals surface area contributed by atoms with Crippen molar-refractivity contribution < 1.29 is 12.8 Å². The van der Waals surface area contributed by atoms with E-state index in [0.29, 0.717) is 13.0 Å². The van der Waals surface area contributed by atoms with Crippen LogP contribution in [0.3, 0.4) is 0 Å². The van der Waals surface area contributed by atoms with E-state index in [9.17, 15) is 12.8 Å². The zero-order chi connectivity index (χ0) is 13.1. The molecule has 17 heavy (non-hydrogen) atoms. The lowest BCUT2D eigenvalue weighted by molar-refractivity contribution is 0.401. The monoisotopic (exact) mass is 267 g/mol. The standard InChI is InChI=1S/C12H26FNO2S/c1-3-5-6-7-8-9-10-17(15,16)12(13)11-14-4-2/h12,14H,3-11H2,1-2H3. The Hall–Kier alpha value is -0.160. The first kappa shape index (κ1) is 16.8. The first-order valence-electron chi connectivity index (χ1n) is 6.61. The van der Waals surface area contributed by atoms with Crippen LogP contribution in [0.25, 0.3) is 0 Å². The predicted octanol–water partition coefficient (Wildman–Crippen LogP) is 2.67. The highest BCUT2D eigenvalue weighted by Gasteiger charge is 2.23. The molecule has 0 rings (SSSR count). The van der Waals surface area contributed by atoms with Crippen molar-refractivity contribution in [1.29, 1.82) is 0 Å². The normalized spacial score (nSPS) is 13.8. The molecule has 0 saturated carbocycles. The second-order valence-corrected chi connectivity index (χ2v) is 6.60. The fourth-order valence-corrected chi connectivity index (χ4v) is 2.83. The lowest BCUT2D eigenvalue weighted by atomic mass is 10.1. The Kier molecular flexibility index (Phi) is 9.74. The molecule has 5 heteroatoms. The van der Waals surface area contributed by atoms with Crippen molar-refractivity contribution in [3.8, 4) is 0 Å². The lowest BCUT2D eigenvalue weighted by Gasteiger charge is -2.10. The van der Waals surface area contributed by atoms with Gasteiger partial charge in [-0.05, 0) is 13.0 Å². The van der Waals surface area contributed by atoms with Crippen LogP contribution in [-0.2, 0) is 9.84 Å². The maximum Gasteiger partial charge on any atom is 0.213 e. The summed E-state index contributed by atoms with van der Waals surface area (Å²) in [5, 5.41) is 2.72. The van der Waals surface area contributed by atoms with Gasteiger partial charge in [0.25, 0.3) is 0 Å². The van der Waals surface area contributed by atoms with Gasteiger partial charge in [0, 0.05) is 6.54 Å². The van der Waals surface area contributed by atoms with E-state index in [-0.39, 0.29) is 12.3 Å². The van der Waals surface area contributed by atoms with Crippen molar-refractivity contribution in [1.82, 2.24) is 5.32 Å². The first-order chi connectivity index (χ1) is 8.04. The molecule has 1 atom stereocenters. The van der Waals surface area contributed by atoms with Crippen LogP contribution in [0.1, 0.15) is 52.4 Å². The van der Waals surface area contributed by atoms with Crippen LogP contribution in [0.2, 0.25) is 0 Å². The zero-order valence-corrected chi connectivity index (χ0v) is 11.9. The van der Waals surface area contributed by atoms with Crippen molar-refractivity contribution in [2.75, 3.05) is 18.8 Å². The lowest BCUT2D eigenvalue weighted by Crippen LogP contribution is -2.31. The van der Waals surface area contributed by atoms with Crippen LogP contribution in [0, 0.1) is 0 Å². The number of hydrogen-bond donors (Lipinski definition) is 1. The molecule has 0 bridgehead atoms. The summed E-state index contributed by atoms with van der Waals surface area (Å²) in [5.41, 5.74) is -1.75. The Morgan fingerprint density at radius 1 is 1.06 bits per heavy atom. The van der Waals surface area contributed by atoms with E-state index in [1.807, 2.05) is 6.92 Å². The molecule has 0 aliphatic carbocycles. The average Bonchev–Trinajstić information content (AvgIpc) is 2.30. The summed E-state index contributed by atoms with van der Waals surface area (Å²) in [5.74, 6) is -0.0221. The van der Waals surface area contributed by atoms with Gasteiger partial charge in [-0.3, -0.25) is 0 Å².